The lowest BCUT2D eigenvalue weighted by Crippen LogP contribution is -2.27. The highest BCUT2D eigenvalue weighted by atomic mass is 19.1. The Bertz CT molecular complexity index is 666. The summed E-state index contributed by atoms with van der Waals surface area (Å²) in [6.07, 6.45) is 3.76. The molecule has 1 aromatic carbocycles. The molecule has 0 aliphatic rings. The van der Waals surface area contributed by atoms with Crippen LogP contribution in [0.15, 0.2) is 30.6 Å². The molecule has 1 N–H and O–H groups in total. The molecule has 1 heterocycles. The number of benzene rings is 1. The summed E-state index contributed by atoms with van der Waals surface area (Å²) in [7, 11) is 5.80. The van der Waals surface area contributed by atoms with Crippen molar-refractivity contribution in [2.75, 3.05) is 26.0 Å². The number of ketones is 1. The molecule has 0 amide bonds. The maximum atomic E-state index is 13.8. The molecule has 2 rings (SSSR count). The molecule has 0 fully saturated rings. The number of carbonyl (C=O) groups excluding carboxylic acids is 1. The summed E-state index contributed by atoms with van der Waals surface area (Å²) in [5.41, 5.74) is 1.68. The van der Waals surface area contributed by atoms with Gasteiger partial charge in [-0.2, -0.15) is 5.10 Å². The fourth-order valence-corrected chi connectivity index (χ4v) is 2.45. The lowest BCUT2D eigenvalue weighted by molar-refractivity contribution is 0.101. The normalized spacial score (nSPS) is 12.5. The SMILES string of the molecule is CC(=O)c1c(F)cccc1NCC(c1cnn(C)c1)N(C)C. The minimum absolute atomic E-state index is 0.0665. The molecule has 22 heavy (non-hydrogen) atoms. The zero-order valence-electron chi connectivity index (χ0n) is 13.3. The van der Waals surface area contributed by atoms with E-state index >= 15 is 0 Å². The van der Waals surface area contributed by atoms with Crippen LogP contribution in [-0.4, -0.2) is 41.1 Å². The van der Waals surface area contributed by atoms with Crippen molar-refractivity contribution in [3.63, 3.8) is 0 Å². The first kappa shape index (κ1) is 16.2. The van der Waals surface area contributed by atoms with Crippen LogP contribution in [-0.2, 0) is 7.05 Å². The van der Waals surface area contributed by atoms with Crippen molar-refractivity contribution in [2.24, 2.45) is 7.05 Å². The Morgan fingerprint density at radius 2 is 2.18 bits per heavy atom. The number of anilines is 1. The molecule has 1 unspecified atom stereocenters. The molecule has 0 bridgehead atoms. The van der Waals surface area contributed by atoms with Gasteiger partial charge in [0.25, 0.3) is 0 Å². The Morgan fingerprint density at radius 1 is 1.45 bits per heavy atom. The summed E-state index contributed by atoms with van der Waals surface area (Å²) in [4.78, 5) is 13.7. The van der Waals surface area contributed by atoms with E-state index in [4.69, 9.17) is 0 Å². The average Bonchev–Trinajstić information content (AvgIpc) is 2.84. The smallest absolute Gasteiger partial charge is 0.164 e. The number of likely N-dealkylation sites (N-methyl/N-ethyl adjacent to an activating group) is 1. The third-order valence-corrected chi connectivity index (χ3v) is 3.58. The summed E-state index contributed by atoms with van der Waals surface area (Å²) >= 11 is 0. The number of aromatic nitrogens is 2. The number of nitrogens with zero attached hydrogens (tertiary/aromatic N) is 3. The summed E-state index contributed by atoms with van der Waals surface area (Å²) in [6, 6.07) is 4.68. The monoisotopic (exact) mass is 304 g/mol. The lowest BCUT2D eigenvalue weighted by atomic mass is 10.1. The zero-order chi connectivity index (χ0) is 16.3. The zero-order valence-corrected chi connectivity index (χ0v) is 13.3. The van der Waals surface area contributed by atoms with Crippen molar-refractivity contribution < 1.29 is 9.18 Å². The first-order chi connectivity index (χ1) is 10.4. The highest BCUT2D eigenvalue weighted by molar-refractivity contribution is 5.99. The standard InChI is InChI=1S/C16H21FN4O/c1-11(22)16-13(17)6-5-7-14(16)18-9-15(20(2)3)12-8-19-21(4)10-12/h5-8,10,15,18H,9H2,1-4H3. The third kappa shape index (κ3) is 3.51. The number of nitrogens with one attached hydrogen (secondary N) is 1. The second kappa shape index (κ2) is 6.70. The minimum atomic E-state index is -0.500. The van der Waals surface area contributed by atoms with E-state index < -0.39 is 5.82 Å². The summed E-state index contributed by atoms with van der Waals surface area (Å²) in [5, 5.41) is 7.37. The van der Waals surface area contributed by atoms with Gasteiger partial charge >= 0.3 is 0 Å². The van der Waals surface area contributed by atoms with E-state index in [-0.39, 0.29) is 17.4 Å². The molecule has 2 aromatic rings. The van der Waals surface area contributed by atoms with E-state index in [0.29, 0.717) is 12.2 Å². The molecular weight excluding hydrogens is 283 g/mol. The van der Waals surface area contributed by atoms with E-state index in [9.17, 15) is 9.18 Å². The molecule has 0 saturated heterocycles. The van der Waals surface area contributed by atoms with Crippen molar-refractivity contribution in [1.29, 1.82) is 0 Å². The Morgan fingerprint density at radius 3 is 2.73 bits per heavy atom. The fourth-order valence-electron chi connectivity index (χ4n) is 2.45. The van der Waals surface area contributed by atoms with E-state index in [1.165, 1.54) is 13.0 Å². The van der Waals surface area contributed by atoms with Crippen LogP contribution in [0, 0.1) is 5.82 Å². The Kier molecular flexibility index (Phi) is 4.92. The molecule has 118 valence electrons. The van der Waals surface area contributed by atoms with E-state index in [0.717, 1.165) is 5.56 Å². The number of carbonyl (C=O) groups is 1. The fraction of sp³-hybridized carbons (Fsp3) is 0.375. The van der Waals surface area contributed by atoms with Gasteiger partial charge in [0.2, 0.25) is 0 Å². The first-order valence-corrected chi connectivity index (χ1v) is 7.08. The van der Waals surface area contributed by atoms with Gasteiger partial charge in [0.05, 0.1) is 17.8 Å². The summed E-state index contributed by atoms with van der Waals surface area (Å²) in [6.45, 7) is 1.91. The molecule has 1 aromatic heterocycles. The molecule has 0 radical (unpaired) electrons. The molecule has 0 spiro atoms. The van der Waals surface area contributed by atoms with E-state index in [1.54, 1.807) is 16.8 Å². The van der Waals surface area contributed by atoms with Gasteiger partial charge in [-0.1, -0.05) is 6.07 Å². The van der Waals surface area contributed by atoms with Gasteiger partial charge in [-0.25, -0.2) is 4.39 Å². The quantitative estimate of drug-likeness (QED) is 0.833. The van der Waals surface area contributed by atoms with Crippen LogP contribution < -0.4 is 5.32 Å². The van der Waals surface area contributed by atoms with Crippen LogP contribution in [0.25, 0.3) is 0 Å². The highest BCUT2D eigenvalue weighted by Gasteiger charge is 2.18. The topological polar surface area (TPSA) is 50.2 Å². The van der Waals surface area contributed by atoms with Crippen LogP contribution in [0.5, 0.6) is 0 Å². The second-order valence-corrected chi connectivity index (χ2v) is 5.53. The van der Waals surface area contributed by atoms with Crippen LogP contribution >= 0.6 is 0 Å². The van der Waals surface area contributed by atoms with Crippen molar-refractivity contribution in [3.8, 4) is 0 Å². The average molecular weight is 304 g/mol. The molecular formula is C16H21FN4O. The van der Waals surface area contributed by atoms with E-state index in [1.807, 2.05) is 33.5 Å². The summed E-state index contributed by atoms with van der Waals surface area (Å²) < 4.78 is 15.6. The predicted molar refractivity (Wildman–Crippen MR) is 84.5 cm³/mol. The van der Waals surface area contributed by atoms with E-state index in [2.05, 4.69) is 15.3 Å². The first-order valence-electron chi connectivity index (χ1n) is 7.08. The lowest BCUT2D eigenvalue weighted by Gasteiger charge is -2.24. The van der Waals surface area contributed by atoms with Gasteiger partial charge in [-0.05, 0) is 33.2 Å². The Hall–Kier alpha value is -2.21. The number of hydrogen-bond donors (Lipinski definition) is 1. The number of halogens is 1. The van der Waals surface area contributed by atoms with Gasteiger partial charge in [0, 0.05) is 31.0 Å². The molecule has 1 atom stereocenters. The Balaban J connectivity index is 2.20. The number of aryl methyl sites for hydroxylation is 1. The molecule has 0 saturated carbocycles. The van der Waals surface area contributed by atoms with Crippen molar-refractivity contribution in [1.82, 2.24) is 14.7 Å². The number of hydrogen-bond acceptors (Lipinski definition) is 4. The maximum Gasteiger partial charge on any atom is 0.164 e. The molecule has 6 heteroatoms. The molecule has 0 aliphatic heterocycles. The van der Waals surface area contributed by atoms with Crippen molar-refractivity contribution in [2.45, 2.75) is 13.0 Å². The molecule has 0 aliphatic carbocycles. The number of rotatable bonds is 6. The van der Waals surface area contributed by atoms with Crippen LogP contribution in [0.1, 0.15) is 28.9 Å². The van der Waals surface area contributed by atoms with Gasteiger partial charge in [-0.3, -0.25) is 9.48 Å². The van der Waals surface area contributed by atoms with Crippen LogP contribution in [0.4, 0.5) is 10.1 Å². The van der Waals surface area contributed by atoms with Gasteiger partial charge in [0.15, 0.2) is 5.78 Å². The number of Topliss-reactive ketones (excluding diaryl/α,β-unsaturated/α-hetero) is 1. The predicted octanol–water partition coefficient (Wildman–Crippen LogP) is 2.48. The molecule has 5 nitrogen and oxygen atoms in total. The maximum absolute atomic E-state index is 13.8. The van der Waals surface area contributed by atoms with Gasteiger partial charge < -0.3 is 10.2 Å². The highest BCUT2D eigenvalue weighted by Crippen LogP contribution is 2.23. The van der Waals surface area contributed by atoms with Crippen molar-refractivity contribution in [3.05, 3.63) is 47.5 Å². The minimum Gasteiger partial charge on any atom is -0.382 e. The van der Waals surface area contributed by atoms with Gasteiger partial charge in [-0.15, -0.1) is 0 Å². The third-order valence-electron chi connectivity index (χ3n) is 3.58. The summed E-state index contributed by atoms with van der Waals surface area (Å²) in [5.74, 6) is -0.788. The second-order valence-electron chi connectivity index (χ2n) is 5.53. The largest absolute Gasteiger partial charge is 0.382 e. The van der Waals surface area contributed by atoms with Gasteiger partial charge in [0.1, 0.15) is 5.82 Å². The Labute approximate surface area is 129 Å². The van der Waals surface area contributed by atoms with Crippen molar-refractivity contribution >= 4 is 11.5 Å². The van der Waals surface area contributed by atoms with Crippen LogP contribution in [0.2, 0.25) is 0 Å². The van der Waals surface area contributed by atoms with Crippen LogP contribution in [0.3, 0.4) is 0 Å².